The third kappa shape index (κ3) is 2.53. The molecule has 0 bridgehead atoms. The Balaban J connectivity index is 2.15. The van der Waals surface area contributed by atoms with Crippen molar-refractivity contribution < 1.29 is 0 Å². The summed E-state index contributed by atoms with van der Waals surface area (Å²) in [4.78, 5) is 0. The van der Waals surface area contributed by atoms with Crippen molar-refractivity contribution >= 4 is 11.6 Å². The molecule has 0 fully saturated rings. The summed E-state index contributed by atoms with van der Waals surface area (Å²) in [6.45, 7) is 4.39. The van der Waals surface area contributed by atoms with Crippen molar-refractivity contribution in [3.63, 3.8) is 0 Å². The van der Waals surface area contributed by atoms with E-state index < -0.39 is 0 Å². The summed E-state index contributed by atoms with van der Waals surface area (Å²) >= 11 is 6.22. The lowest BCUT2D eigenvalue weighted by Gasteiger charge is -2.27. The predicted molar refractivity (Wildman–Crippen MR) is 65.5 cm³/mol. The highest BCUT2D eigenvalue weighted by atomic mass is 35.5. The number of halogens is 1. The standard InChI is InChI=1S/C13H18ClN/c1-9(2)15-11-7-6-10-4-3-5-13(14)12(10)8-11/h3-5,9,11,15H,6-8H2,1-2H3. The molecule has 0 heterocycles. The first-order valence-electron chi connectivity index (χ1n) is 5.69. The summed E-state index contributed by atoms with van der Waals surface area (Å²) in [5.41, 5.74) is 2.79. The first-order chi connectivity index (χ1) is 7.16. The van der Waals surface area contributed by atoms with Crippen LogP contribution >= 0.6 is 11.6 Å². The monoisotopic (exact) mass is 223 g/mol. The van der Waals surface area contributed by atoms with Gasteiger partial charge in [-0.05, 0) is 36.5 Å². The largest absolute Gasteiger partial charge is 0.311 e. The van der Waals surface area contributed by atoms with Crippen LogP contribution in [0.4, 0.5) is 0 Å². The maximum atomic E-state index is 6.22. The van der Waals surface area contributed by atoms with Crippen molar-refractivity contribution in [2.75, 3.05) is 0 Å². The minimum atomic E-state index is 0.555. The van der Waals surface area contributed by atoms with Crippen molar-refractivity contribution in [3.05, 3.63) is 34.3 Å². The third-order valence-corrected chi connectivity index (χ3v) is 3.35. The van der Waals surface area contributed by atoms with Gasteiger partial charge in [0, 0.05) is 17.1 Å². The lowest BCUT2D eigenvalue weighted by Crippen LogP contribution is -2.38. The van der Waals surface area contributed by atoms with E-state index in [9.17, 15) is 0 Å². The molecule has 0 saturated heterocycles. The molecule has 1 unspecified atom stereocenters. The fourth-order valence-corrected chi connectivity index (χ4v) is 2.63. The van der Waals surface area contributed by atoms with Crippen LogP contribution in [0, 0.1) is 0 Å². The average Bonchev–Trinajstić information content (AvgIpc) is 2.18. The van der Waals surface area contributed by atoms with Crippen molar-refractivity contribution in [1.29, 1.82) is 0 Å². The number of benzene rings is 1. The number of nitrogens with one attached hydrogen (secondary N) is 1. The molecule has 1 nitrogen and oxygen atoms in total. The van der Waals surface area contributed by atoms with E-state index in [1.807, 2.05) is 6.07 Å². The van der Waals surface area contributed by atoms with E-state index in [-0.39, 0.29) is 0 Å². The van der Waals surface area contributed by atoms with Crippen LogP contribution in [-0.2, 0) is 12.8 Å². The topological polar surface area (TPSA) is 12.0 Å². The first-order valence-corrected chi connectivity index (χ1v) is 6.07. The second kappa shape index (κ2) is 4.54. The molecule has 0 aliphatic heterocycles. The Labute approximate surface area is 96.8 Å². The summed E-state index contributed by atoms with van der Waals surface area (Å²) in [5.74, 6) is 0. The molecule has 0 aromatic heterocycles. The molecule has 2 heteroatoms. The van der Waals surface area contributed by atoms with Crippen molar-refractivity contribution in [1.82, 2.24) is 5.32 Å². The quantitative estimate of drug-likeness (QED) is 0.812. The highest BCUT2D eigenvalue weighted by Crippen LogP contribution is 2.27. The number of rotatable bonds is 2. The Morgan fingerprint density at radius 3 is 2.93 bits per heavy atom. The molecule has 1 aromatic rings. The molecular weight excluding hydrogens is 206 g/mol. The number of fused-ring (bicyclic) bond motifs is 1. The maximum Gasteiger partial charge on any atom is 0.0441 e. The van der Waals surface area contributed by atoms with Gasteiger partial charge in [-0.25, -0.2) is 0 Å². The molecular formula is C13H18ClN. The van der Waals surface area contributed by atoms with Gasteiger partial charge in [0.2, 0.25) is 0 Å². The fourth-order valence-electron chi connectivity index (χ4n) is 2.36. The van der Waals surface area contributed by atoms with E-state index in [1.54, 1.807) is 0 Å². The molecule has 1 atom stereocenters. The van der Waals surface area contributed by atoms with Gasteiger partial charge in [0.15, 0.2) is 0 Å². The Hall–Kier alpha value is -0.530. The van der Waals surface area contributed by atoms with Gasteiger partial charge < -0.3 is 5.32 Å². The van der Waals surface area contributed by atoms with Crippen LogP contribution in [-0.4, -0.2) is 12.1 Å². The van der Waals surface area contributed by atoms with Crippen LogP contribution in [0.15, 0.2) is 18.2 Å². The summed E-state index contributed by atoms with van der Waals surface area (Å²) in [6, 6.07) is 7.40. The van der Waals surface area contributed by atoms with Gasteiger partial charge in [0.05, 0.1) is 0 Å². The van der Waals surface area contributed by atoms with Gasteiger partial charge in [-0.3, -0.25) is 0 Å². The van der Waals surface area contributed by atoms with Crippen molar-refractivity contribution in [2.24, 2.45) is 0 Å². The van der Waals surface area contributed by atoms with E-state index in [4.69, 9.17) is 11.6 Å². The van der Waals surface area contributed by atoms with Crippen LogP contribution in [0.25, 0.3) is 0 Å². The number of hydrogen-bond donors (Lipinski definition) is 1. The average molecular weight is 224 g/mol. The molecule has 1 aromatic carbocycles. The lowest BCUT2D eigenvalue weighted by atomic mass is 9.88. The minimum Gasteiger partial charge on any atom is -0.311 e. The number of hydrogen-bond acceptors (Lipinski definition) is 1. The van der Waals surface area contributed by atoms with E-state index in [0.717, 1.165) is 17.9 Å². The van der Waals surface area contributed by atoms with Gasteiger partial charge in [0.1, 0.15) is 0 Å². The van der Waals surface area contributed by atoms with Crippen LogP contribution in [0.1, 0.15) is 31.4 Å². The molecule has 0 radical (unpaired) electrons. The highest BCUT2D eigenvalue weighted by Gasteiger charge is 2.20. The number of aryl methyl sites for hydroxylation is 1. The molecule has 0 spiro atoms. The molecule has 1 aliphatic rings. The molecule has 2 rings (SSSR count). The van der Waals surface area contributed by atoms with Gasteiger partial charge in [0.25, 0.3) is 0 Å². The van der Waals surface area contributed by atoms with Crippen LogP contribution < -0.4 is 5.32 Å². The smallest absolute Gasteiger partial charge is 0.0441 e. The van der Waals surface area contributed by atoms with Gasteiger partial charge in [-0.15, -0.1) is 0 Å². The van der Waals surface area contributed by atoms with Gasteiger partial charge in [-0.1, -0.05) is 37.6 Å². The molecule has 0 saturated carbocycles. The predicted octanol–water partition coefficient (Wildman–Crippen LogP) is 3.20. The summed E-state index contributed by atoms with van der Waals surface area (Å²) in [6.07, 6.45) is 3.46. The normalized spacial score (nSPS) is 20.4. The van der Waals surface area contributed by atoms with Crippen molar-refractivity contribution in [2.45, 2.75) is 45.2 Å². The summed E-state index contributed by atoms with van der Waals surface area (Å²) in [7, 11) is 0. The molecule has 15 heavy (non-hydrogen) atoms. The molecule has 82 valence electrons. The van der Waals surface area contributed by atoms with E-state index in [1.165, 1.54) is 17.5 Å². The lowest BCUT2D eigenvalue weighted by molar-refractivity contribution is 0.421. The second-order valence-corrected chi connectivity index (χ2v) is 5.05. The SMILES string of the molecule is CC(C)NC1CCc2cccc(Cl)c2C1. The Bertz CT molecular complexity index is 346. The third-order valence-electron chi connectivity index (χ3n) is 3.00. The molecule has 0 amide bonds. The molecule has 1 aliphatic carbocycles. The zero-order chi connectivity index (χ0) is 10.8. The van der Waals surface area contributed by atoms with E-state index in [2.05, 4.69) is 31.3 Å². The highest BCUT2D eigenvalue weighted by molar-refractivity contribution is 6.31. The van der Waals surface area contributed by atoms with Gasteiger partial charge in [-0.2, -0.15) is 0 Å². The zero-order valence-electron chi connectivity index (χ0n) is 9.39. The van der Waals surface area contributed by atoms with E-state index >= 15 is 0 Å². The zero-order valence-corrected chi connectivity index (χ0v) is 10.1. The Morgan fingerprint density at radius 1 is 1.40 bits per heavy atom. The van der Waals surface area contributed by atoms with Crippen LogP contribution in [0.2, 0.25) is 5.02 Å². The summed E-state index contributed by atoms with van der Waals surface area (Å²) < 4.78 is 0. The summed E-state index contributed by atoms with van der Waals surface area (Å²) in [5, 5.41) is 4.52. The Kier molecular flexibility index (Phi) is 3.32. The van der Waals surface area contributed by atoms with Crippen LogP contribution in [0.3, 0.4) is 0 Å². The Morgan fingerprint density at radius 2 is 2.20 bits per heavy atom. The van der Waals surface area contributed by atoms with Crippen LogP contribution in [0.5, 0.6) is 0 Å². The molecule has 1 N–H and O–H groups in total. The second-order valence-electron chi connectivity index (χ2n) is 4.64. The van der Waals surface area contributed by atoms with E-state index in [0.29, 0.717) is 12.1 Å². The van der Waals surface area contributed by atoms with Crippen molar-refractivity contribution in [3.8, 4) is 0 Å². The first kappa shape index (κ1) is 11.0. The van der Waals surface area contributed by atoms with Gasteiger partial charge >= 0.3 is 0 Å². The minimum absolute atomic E-state index is 0.555. The maximum absolute atomic E-state index is 6.22. The fraction of sp³-hybridized carbons (Fsp3) is 0.538.